The largest absolute Gasteiger partial charge is 0.437 e. The SMILES string of the molecule is CCOCc1nc(Cl)cc(Oc2cncc(Br)c2)n1. The van der Waals surface area contributed by atoms with Gasteiger partial charge in [0.25, 0.3) is 0 Å². The number of hydrogen-bond acceptors (Lipinski definition) is 5. The molecule has 100 valence electrons. The molecule has 19 heavy (non-hydrogen) atoms. The molecule has 0 aromatic carbocycles. The summed E-state index contributed by atoms with van der Waals surface area (Å²) in [6.07, 6.45) is 3.25. The molecule has 0 spiro atoms. The van der Waals surface area contributed by atoms with Crippen LogP contribution in [0.3, 0.4) is 0 Å². The highest BCUT2D eigenvalue weighted by molar-refractivity contribution is 9.10. The van der Waals surface area contributed by atoms with Crippen molar-refractivity contribution in [3.63, 3.8) is 0 Å². The molecule has 2 heterocycles. The average molecular weight is 345 g/mol. The Morgan fingerprint density at radius 3 is 2.84 bits per heavy atom. The summed E-state index contributed by atoms with van der Waals surface area (Å²) in [6.45, 7) is 2.78. The predicted molar refractivity (Wildman–Crippen MR) is 74.4 cm³/mol. The van der Waals surface area contributed by atoms with Crippen molar-refractivity contribution < 1.29 is 9.47 Å². The van der Waals surface area contributed by atoms with Crippen LogP contribution in [0.15, 0.2) is 29.0 Å². The smallest absolute Gasteiger partial charge is 0.224 e. The molecular formula is C12H11BrClN3O2. The zero-order valence-electron chi connectivity index (χ0n) is 10.1. The number of hydrogen-bond donors (Lipinski definition) is 0. The minimum atomic E-state index is 0.296. The van der Waals surface area contributed by atoms with Crippen LogP contribution in [-0.4, -0.2) is 21.6 Å². The number of nitrogens with zero attached hydrogens (tertiary/aromatic N) is 3. The minimum Gasteiger partial charge on any atom is -0.437 e. The molecule has 0 amide bonds. The standard InChI is InChI=1S/C12H11BrClN3O2/c1-2-18-7-11-16-10(14)4-12(17-11)19-9-3-8(13)5-15-6-9/h3-6H,2,7H2,1H3. The third-order valence-electron chi connectivity index (χ3n) is 2.06. The maximum atomic E-state index is 5.91. The number of aromatic nitrogens is 3. The van der Waals surface area contributed by atoms with Crippen LogP contribution in [0.4, 0.5) is 0 Å². The molecule has 0 radical (unpaired) electrons. The number of halogens is 2. The zero-order valence-corrected chi connectivity index (χ0v) is 12.5. The molecule has 7 heteroatoms. The van der Waals surface area contributed by atoms with Gasteiger partial charge in [-0.3, -0.25) is 4.98 Å². The molecule has 0 aliphatic heterocycles. The molecule has 2 aromatic rings. The first-order valence-electron chi connectivity index (χ1n) is 5.57. The molecule has 0 atom stereocenters. The van der Waals surface area contributed by atoms with Crippen LogP contribution in [0.2, 0.25) is 5.15 Å². The third-order valence-corrected chi connectivity index (χ3v) is 2.68. The van der Waals surface area contributed by atoms with Gasteiger partial charge in [0, 0.05) is 23.3 Å². The van der Waals surface area contributed by atoms with Gasteiger partial charge < -0.3 is 9.47 Å². The normalized spacial score (nSPS) is 10.5. The first kappa shape index (κ1) is 14.2. The van der Waals surface area contributed by atoms with E-state index in [-0.39, 0.29) is 0 Å². The summed E-state index contributed by atoms with van der Waals surface area (Å²) in [5.41, 5.74) is 0. The van der Waals surface area contributed by atoms with Crippen molar-refractivity contribution in [1.82, 2.24) is 15.0 Å². The molecule has 0 saturated carbocycles. The van der Waals surface area contributed by atoms with Crippen LogP contribution < -0.4 is 4.74 Å². The van der Waals surface area contributed by atoms with E-state index in [1.807, 2.05) is 6.92 Å². The summed E-state index contributed by atoms with van der Waals surface area (Å²) in [6, 6.07) is 3.32. The highest BCUT2D eigenvalue weighted by atomic mass is 79.9. The second kappa shape index (κ2) is 6.79. The van der Waals surface area contributed by atoms with Crippen LogP contribution in [0, 0.1) is 0 Å². The Labute approximate surface area is 124 Å². The lowest BCUT2D eigenvalue weighted by Crippen LogP contribution is -2.01. The molecule has 0 N–H and O–H groups in total. The quantitative estimate of drug-likeness (QED) is 0.775. The van der Waals surface area contributed by atoms with E-state index in [1.54, 1.807) is 18.5 Å². The Bertz CT molecular complexity index is 568. The van der Waals surface area contributed by atoms with E-state index in [0.717, 1.165) is 4.47 Å². The predicted octanol–water partition coefficient (Wildman–Crippen LogP) is 3.62. The van der Waals surface area contributed by atoms with E-state index in [1.165, 1.54) is 6.07 Å². The number of pyridine rings is 1. The Balaban J connectivity index is 2.17. The van der Waals surface area contributed by atoms with Crippen molar-refractivity contribution in [3.8, 4) is 11.6 Å². The second-order valence-corrected chi connectivity index (χ2v) is 4.83. The Hall–Kier alpha value is -1.24. The van der Waals surface area contributed by atoms with Crippen LogP contribution >= 0.6 is 27.5 Å². The molecule has 5 nitrogen and oxygen atoms in total. The van der Waals surface area contributed by atoms with Crippen molar-refractivity contribution in [1.29, 1.82) is 0 Å². The molecule has 0 unspecified atom stereocenters. The highest BCUT2D eigenvalue weighted by Gasteiger charge is 2.06. The fourth-order valence-corrected chi connectivity index (χ4v) is 1.86. The van der Waals surface area contributed by atoms with Crippen molar-refractivity contribution in [2.75, 3.05) is 6.61 Å². The van der Waals surface area contributed by atoms with Crippen molar-refractivity contribution in [2.45, 2.75) is 13.5 Å². The second-order valence-electron chi connectivity index (χ2n) is 3.52. The fourth-order valence-electron chi connectivity index (χ4n) is 1.32. The maximum absolute atomic E-state index is 5.91. The van der Waals surface area contributed by atoms with Crippen molar-refractivity contribution >= 4 is 27.5 Å². The van der Waals surface area contributed by atoms with Crippen LogP contribution in [0.25, 0.3) is 0 Å². The minimum absolute atomic E-state index is 0.296. The molecule has 2 aromatic heterocycles. The molecule has 2 rings (SSSR count). The van der Waals surface area contributed by atoms with E-state index in [4.69, 9.17) is 21.1 Å². The summed E-state index contributed by atoms with van der Waals surface area (Å²) in [4.78, 5) is 12.3. The number of ether oxygens (including phenoxy) is 2. The summed E-state index contributed by atoms with van der Waals surface area (Å²) in [5.74, 6) is 1.40. The first-order valence-corrected chi connectivity index (χ1v) is 6.74. The van der Waals surface area contributed by atoms with Crippen molar-refractivity contribution in [3.05, 3.63) is 40.0 Å². The Kier molecular flexibility index (Phi) is 5.07. The maximum Gasteiger partial charge on any atom is 0.224 e. The van der Waals surface area contributed by atoms with Gasteiger partial charge in [-0.15, -0.1) is 0 Å². The summed E-state index contributed by atoms with van der Waals surface area (Å²) < 4.78 is 11.6. The zero-order chi connectivity index (χ0) is 13.7. The summed E-state index contributed by atoms with van der Waals surface area (Å²) in [7, 11) is 0. The van der Waals surface area contributed by atoms with Crippen LogP contribution in [0.5, 0.6) is 11.6 Å². The monoisotopic (exact) mass is 343 g/mol. The molecule has 0 aliphatic rings. The van der Waals surface area contributed by atoms with Gasteiger partial charge in [-0.1, -0.05) is 11.6 Å². The van der Waals surface area contributed by atoms with Crippen LogP contribution in [-0.2, 0) is 11.3 Å². The van der Waals surface area contributed by atoms with Crippen LogP contribution in [0.1, 0.15) is 12.7 Å². The molecular weight excluding hydrogens is 334 g/mol. The van der Waals surface area contributed by atoms with Gasteiger partial charge in [-0.05, 0) is 28.9 Å². The number of rotatable bonds is 5. The lowest BCUT2D eigenvalue weighted by molar-refractivity contribution is 0.128. The van der Waals surface area contributed by atoms with E-state index in [2.05, 4.69) is 30.9 Å². The van der Waals surface area contributed by atoms with E-state index in [0.29, 0.717) is 35.8 Å². The van der Waals surface area contributed by atoms with Gasteiger partial charge in [0.1, 0.15) is 17.5 Å². The average Bonchev–Trinajstić information content (AvgIpc) is 2.35. The topological polar surface area (TPSA) is 57.1 Å². The van der Waals surface area contributed by atoms with Gasteiger partial charge >= 0.3 is 0 Å². The summed E-state index contributed by atoms with van der Waals surface area (Å²) in [5, 5.41) is 0.308. The molecule has 0 bridgehead atoms. The Morgan fingerprint density at radius 2 is 2.11 bits per heavy atom. The molecule has 0 aliphatic carbocycles. The molecule has 0 fully saturated rings. The van der Waals surface area contributed by atoms with Gasteiger partial charge in [0.2, 0.25) is 5.88 Å². The van der Waals surface area contributed by atoms with E-state index >= 15 is 0 Å². The highest BCUT2D eigenvalue weighted by Crippen LogP contribution is 2.23. The van der Waals surface area contributed by atoms with Gasteiger partial charge in [0.15, 0.2) is 5.82 Å². The molecule has 0 saturated heterocycles. The van der Waals surface area contributed by atoms with E-state index < -0.39 is 0 Å². The van der Waals surface area contributed by atoms with Gasteiger partial charge in [0.05, 0.1) is 6.20 Å². The lowest BCUT2D eigenvalue weighted by atomic mass is 10.4. The first-order chi connectivity index (χ1) is 9.17. The Morgan fingerprint density at radius 1 is 1.26 bits per heavy atom. The van der Waals surface area contributed by atoms with Gasteiger partial charge in [-0.25, -0.2) is 4.98 Å². The summed E-state index contributed by atoms with van der Waals surface area (Å²) >= 11 is 9.23. The van der Waals surface area contributed by atoms with Crippen molar-refractivity contribution in [2.24, 2.45) is 0 Å². The third kappa shape index (κ3) is 4.41. The fraction of sp³-hybridized carbons (Fsp3) is 0.250. The lowest BCUT2D eigenvalue weighted by Gasteiger charge is -2.07. The van der Waals surface area contributed by atoms with Gasteiger partial charge in [-0.2, -0.15) is 4.98 Å². The van der Waals surface area contributed by atoms with E-state index in [9.17, 15) is 0 Å².